The topological polar surface area (TPSA) is 55.8 Å². The summed E-state index contributed by atoms with van der Waals surface area (Å²) in [6.07, 6.45) is 3.90. The number of esters is 1. The van der Waals surface area contributed by atoms with Gasteiger partial charge in [0.2, 0.25) is 0 Å². The second kappa shape index (κ2) is 4.00. The van der Waals surface area contributed by atoms with Crippen molar-refractivity contribution >= 4 is 12.1 Å². The smallest absolute Gasteiger partial charge is 0.411 e. The number of carbonyl (C=O) groups is 2. The number of rotatable bonds is 2. The fourth-order valence-corrected chi connectivity index (χ4v) is 3.19. The van der Waals surface area contributed by atoms with Crippen molar-refractivity contribution in [3.8, 4) is 0 Å². The second-order valence-electron chi connectivity index (χ2n) is 5.31. The standard InChI is InChI=1S/C13H19NO4/c1-5-13(10(15)17-4)7-6-8-14-9(13)12(2,3)18-11(14)16/h6-7,9H,5,8H2,1-4H3. The average Bonchev–Trinajstić information content (AvgIpc) is 2.59. The Bertz CT molecular complexity index is 415. The Balaban J connectivity index is 2.53. The molecule has 0 saturated carbocycles. The summed E-state index contributed by atoms with van der Waals surface area (Å²) >= 11 is 0. The van der Waals surface area contributed by atoms with Crippen molar-refractivity contribution in [1.82, 2.24) is 4.90 Å². The van der Waals surface area contributed by atoms with Gasteiger partial charge in [-0.25, -0.2) is 4.79 Å². The molecule has 0 N–H and O–H groups in total. The maximum absolute atomic E-state index is 12.2. The highest BCUT2D eigenvalue weighted by Gasteiger charge is 2.61. The molecule has 2 atom stereocenters. The Labute approximate surface area is 107 Å². The SMILES string of the molecule is CCC1(C(=O)OC)C=CCN2C(=O)OC(C)(C)C21. The van der Waals surface area contributed by atoms with Gasteiger partial charge in [0, 0.05) is 6.54 Å². The van der Waals surface area contributed by atoms with E-state index in [4.69, 9.17) is 9.47 Å². The number of ether oxygens (including phenoxy) is 2. The van der Waals surface area contributed by atoms with Gasteiger partial charge < -0.3 is 9.47 Å². The Morgan fingerprint density at radius 2 is 2.28 bits per heavy atom. The molecule has 2 rings (SSSR count). The van der Waals surface area contributed by atoms with Gasteiger partial charge in [0.1, 0.15) is 11.0 Å². The van der Waals surface area contributed by atoms with Crippen LogP contribution in [0.2, 0.25) is 0 Å². The van der Waals surface area contributed by atoms with Crippen LogP contribution in [-0.2, 0) is 14.3 Å². The minimum Gasteiger partial charge on any atom is -0.468 e. The van der Waals surface area contributed by atoms with E-state index < -0.39 is 11.0 Å². The average molecular weight is 253 g/mol. The lowest BCUT2D eigenvalue weighted by Crippen LogP contribution is -2.58. The summed E-state index contributed by atoms with van der Waals surface area (Å²) in [5, 5.41) is 0. The largest absolute Gasteiger partial charge is 0.468 e. The maximum Gasteiger partial charge on any atom is 0.411 e. The summed E-state index contributed by atoms with van der Waals surface area (Å²) in [6.45, 7) is 6.07. The first kappa shape index (κ1) is 12.9. The zero-order valence-electron chi connectivity index (χ0n) is 11.2. The van der Waals surface area contributed by atoms with E-state index in [1.54, 1.807) is 4.90 Å². The summed E-state index contributed by atoms with van der Waals surface area (Å²) in [5.41, 5.74) is -1.52. The Hall–Kier alpha value is -1.52. The first-order valence-electron chi connectivity index (χ1n) is 6.15. The molecular weight excluding hydrogens is 234 g/mol. The van der Waals surface area contributed by atoms with Crippen LogP contribution in [-0.4, -0.2) is 42.3 Å². The highest BCUT2D eigenvalue weighted by atomic mass is 16.6. The molecule has 5 heteroatoms. The Morgan fingerprint density at radius 3 is 2.83 bits per heavy atom. The van der Waals surface area contributed by atoms with Crippen molar-refractivity contribution in [3.05, 3.63) is 12.2 Å². The zero-order valence-corrected chi connectivity index (χ0v) is 11.2. The molecule has 100 valence electrons. The highest BCUT2D eigenvalue weighted by Crippen LogP contribution is 2.46. The molecule has 5 nitrogen and oxygen atoms in total. The van der Waals surface area contributed by atoms with E-state index >= 15 is 0 Å². The lowest BCUT2D eigenvalue weighted by Gasteiger charge is -2.43. The molecule has 0 aromatic carbocycles. The van der Waals surface area contributed by atoms with E-state index in [1.165, 1.54) is 7.11 Å². The molecule has 2 aliphatic rings. The van der Waals surface area contributed by atoms with Crippen LogP contribution in [0.3, 0.4) is 0 Å². The van der Waals surface area contributed by atoms with Crippen molar-refractivity contribution in [2.45, 2.75) is 38.8 Å². The molecule has 0 aliphatic carbocycles. The first-order valence-corrected chi connectivity index (χ1v) is 6.15. The van der Waals surface area contributed by atoms with E-state index in [0.29, 0.717) is 13.0 Å². The number of carbonyl (C=O) groups excluding carboxylic acids is 2. The fourth-order valence-electron chi connectivity index (χ4n) is 3.19. The van der Waals surface area contributed by atoms with Crippen LogP contribution in [0.1, 0.15) is 27.2 Å². The zero-order chi connectivity index (χ0) is 13.6. The first-order chi connectivity index (χ1) is 8.39. The summed E-state index contributed by atoms with van der Waals surface area (Å²) < 4.78 is 10.3. The van der Waals surface area contributed by atoms with Gasteiger partial charge in [-0.2, -0.15) is 0 Å². The molecule has 1 saturated heterocycles. The van der Waals surface area contributed by atoms with Gasteiger partial charge in [0.25, 0.3) is 0 Å². The van der Waals surface area contributed by atoms with Crippen LogP contribution in [0.4, 0.5) is 4.79 Å². The lowest BCUT2D eigenvalue weighted by molar-refractivity contribution is -0.156. The van der Waals surface area contributed by atoms with Gasteiger partial charge >= 0.3 is 12.1 Å². The van der Waals surface area contributed by atoms with Gasteiger partial charge in [-0.3, -0.25) is 9.69 Å². The molecule has 0 spiro atoms. The van der Waals surface area contributed by atoms with Crippen molar-refractivity contribution in [3.63, 3.8) is 0 Å². The third-order valence-electron chi connectivity index (χ3n) is 3.91. The number of methoxy groups -OCH3 is 1. The molecular formula is C13H19NO4. The predicted molar refractivity (Wildman–Crippen MR) is 64.9 cm³/mol. The van der Waals surface area contributed by atoms with E-state index in [9.17, 15) is 9.59 Å². The van der Waals surface area contributed by atoms with Crippen LogP contribution in [0.25, 0.3) is 0 Å². The quantitative estimate of drug-likeness (QED) is 0.555. The number of hydrogen-bond acceptors (Lipinski definition) is 4. The fraction of sp³-hybridized carbons (Fsp3) is 0.692. The van der Waals surface area contributed by atoms with Crippen LogP contribution in [0, 0.1) is 5.41 Å². The van der Waals surface area contributed by atoms with Gasteiger partial charge in [-0.15, -0.1) is 0 Å². The normalized spacial score (nSPS) is 33.0. The van der Waals surface area contributed by atoms with Crippen LogP contribution < -0.4 is 0 Å². The predicted octanol–water partition coefficient (Wildman–Crippen LogP) is 1.73. The number of cyclic esters (lactones) is 1. The molecule has 18 heavy (non-hydrogen) atoms. The Morgan fingerprint density at radius 1 is 1.61 bits per heavy atom. The molecule has 2 aliphatic heterocycles. The molecule has 0 aromatic heterocycles. The van der Waals surface area contributed by atoms with Crippen LogP contribution >= 0.6 is 0 Å². The van der Waals surface area contributed by atoms with Gasteiger partial charge in [0.05, 0.1) is 13.2 Å². The summed E-state index contributed by atoms with van der Waals surface area (Å²) in [5.74, 6) is -0.317. The Kier molecular flexibility index (Phi) is 2.87. The molecule has 1 fully saturated rings. The molecule has 0 radical (unpaired) electrons. The van der Waals surface area contributed by atoms with Crippen LogP contribution in [0.15, 0.2) is 12.2 Å². The van der Waals surface area contributed by atoms with Gasteiger partial charge in [-0.1, -0.05) is 19.1 Å². The minimum absolute atomic E-state index is 0.317. The highest BCUT2D eigenvalue weighted by molar-refractivity contribution is 5.83. The second-order valence-corrected chi connectivity index (χ2v) is 5.31. The molecule has 1 amide bonds. The third-order valence-corrected chi connectivity index (χ3v) is 3.91. The molecule has 0 aromatic rings. The number of hydrogen-bond donors (Lipinski definition) is 0. The monoisotopic (exact) mass is 253 g/mol. The van der Waals surface area contributed by atoms with E-state index in [-0.39, 0.29) is 18.1 Å². The van der Waals surface area contributed by atoms with E-state index in [2.05, 4.69) is 0 Å². The summed E-state index contributed by atoms with van der Waals surface area (Å²) in [7, 11) is 1.37. The number of fused-ring (bicyclic) bond motifs is 1. The maximum atomic E-state index is 12.2. The van der Waals surface area contributed by atoms with E-state index in [0.717, 1.165) is 0 Å². The van der Waals surface area contributed by atoms with Crippen LogP contribution in [0.5, 0.6) is 0 Å². The number of amides is 1. The molecule has 2 unspecified atom stereocenters. The summed E-state index contributed by atoms with van der Waals surface area (Å²) in [6, 6.07) is -0.319. The molecule has 2 heterocycles. The van der Waals surface area contributed by atoms with Gasteiger partial charge in [-0.05, 0) is 20.3 Å². The third kappa shape index (κ3) is 1.53. The molecule has 0 bridgehead atoms. The lowest BCUT2D eigenvalue weighted by atomic mass is 9.69. The van der Waals surface area contributed by atoms with Gasteiger partial charge in [0.15, 0.2) is 0 Å². The van der Waals surface area contributed by atoms with Crippen molar-refractivity contribution in [2.24, 2.45) is 5.41 Å². The van der Waals surface area contributed by atoms with Crippen molar-refractivity contribution < 1.29 is 19.1 Å². The van der Waals surface area contributed by atoms with E-state index in [1.807, 2.05) is 32.9 Å². The van der Waals surface area contributed by atoms with Crippen molar-refractivity contribution in [1.29, 1.82) is 0 Å². The van der Waals surface area contributed by atoms with Crippen molar-refractivity contribution in [2.75, 3.05) is 13.7 Å². The number of nitrogens with zero attached hydrogens (tertiary/aromatic N) is 1. The summed E-state index contributed by atoms with van der Waals surface area (Å²) in [4.78, 5) is 25.7. The minimum atomic E-state index is -0.817.